The molecule has 0 spiro atoms. The van der Waals surface area contributed by atoms with E-state index in [9.17, 15) is 4.79 Å². The number of halogens is 2. The number of ether oxygens (including phenoxy) is 2. The molecule has 0 amide bonds. The highest BCUT2D eigenvalue weighted by atomic mass is 35.5. The Morgan fingerprint density at radius 3 is 2.48 bits per heavy atom. The van der Waals surface area contributed by atoms with Crippen LogP contribution in [0.4, 0.5) is 0 Å². The molecule has 0 fully saturated rings. The first-order valence-corrected chi connectivity index (χ1v) is 7.22. The summed E-state index contributed by atoms with van der Waals surface area (Å²) in [5.74, 6) is 0.318. The molecule has 110 valence electrons. The van der Waals surface area contributed by atoms with E-state index in [0.29, 0.717) is 22.4 Å². The molecule has 0 atom stereocenters. The average Bonchev–Trinajstić information content (AvgIpc) is 2.49. The molecular formula is C16H14Cl2O3. The van der Waals surface area contributed by atoms with Crippen molar-refractivity contribution < 1.29 is 14.3 Å². The van der Waals surface area contributed by atoms with Gasteiger partial charge in [-0.2, -0.15) is 0 Å². The molecule has 0 N–H and O–H groups in total. The predicted molar refractivity (Wildman–Crippen MR) is 83.2 cm³/mol. The highest BCUT2D eigenvalue weighted by molar-refractivity contribution is 6.32. The zero-order valence-electron chi connectivity index (χ0n) is 11.4. The summed E-state index contributed by atoms with van der Waals surface area (Å²) in [5, 5.41) is 1.00. The van der Waals surface area contributed by atoms with Gasteiger partial charge in [-0.3, -0.25) is 4.79 Å². The molecule has 0 aromatic heterocycles. The molecule has 0 saturated carbocycles. The van der Waals surface area contributed by atoms with Crippen molar-refractivity contribution in [2.24, 2.45) is 0 Å². The number of rotatable bonds is 5. The SMILES string of the molecule is CCC(=O)Oc1c(Cl)cccc1OCc1ccc(Cl)cc1. The lowest BCUT2D eigenvalue weighted by atomic mass is 10.2. The van der Waals surface area contributed by atoms with E-state index in [1.807, 2.05) is 12.1 Å². The summed E-state index contributed by atoms with van der Waals surface area (Å²) in [6.07, 6.45) is 0.266. The van der Waals surface area contributed by atoms with E-state index in [1.165, 1.54) is 0 Å². The Morgan fingerprint density at radius 1 is 1.10 bits per heavy atom. The quantitative estimate of drug-likeness (QED) is 0.580. The van der Waals surface area contributed by atoms with Gasteiger partial charge in [0.2, 0.25) is 0 Å². The molecule has 0 bridgehead atoms. The molecule has 0 unspecified atom stereocenters. The fraction of sp³-hybridized carbons (Fsp3) is 0.188. The summed E-state index contributed by atoms with van der Waals surface area (Å²) < 4.78 is 10.9. The standard InChI is InChI=1S/C16H14Cl2O3/c1-2-15(19)21-16-13(18)4-3-5-14(16)20-10-11-6-8-12(17)9-7-11/h3-9H,2,10H2,1H3. The van der Waals surface area contributed by atoms with Crippen LogP contribution >= 0.6 is 23.2 Å². The second-order valence-electron chi connectivity index (χ2n) is 4.31. The van der Waals surface area contributed by atoms with Crippen LogP contribution in [0.2, 0.25) is 10.0 Å². The first kappa shape index (κ1) is 15.7. The van der Waals surface area contributed by atoms with E-state index >= 15 is 0 Å². The number of benzene rings is 2. The van der Waals surface area contributed by atoms with Crippen molar-refractivity contribution in [1.29, 1.82) is 0 Å². The largest absolute Gasteiger partial charge is 0.485 e. The maximum absolute atomic E-state index is 11.4. The zero-order valence-corrected chi connectivity index (χ0v) is 12.9. The second-order valence-corrected chi connectivity index (χ2v) is 5.15. The van der Waals surface area contributed by atoms with Crippen LogP contribution in [-0.4, -0.2) is 5.97 Å². The summed E-state index contributed by atoms with van der Waals surface area (Å²) >= 11 is 11.9. The van der Waals surface area contributed by atoms with Crippen LogP contribution in [0.25, 0.3) is 0 Å². The maximum Gasteiger partial charge on any atom is 0.311 e. The lowest BCUT2D eigenvalue weighted by Crippen LogP contribution is -2.07. The van der Waals surface area contributed by atoms with Crippen LogP contribution in [0.3, 0.4) is 0 Å². The van der Waals surface area contributed by atoms with Gasteiger partial charge in [0.25, 0.3) is 0 Å². The summed E-state index contributed by atoms with van der Waals surface area (Å²) in [7, 11) is 0. The molecule has 0 radical (unpaired) electrons. The Balaban J connectivity index is 2.13. The van der Waals surface area contributed by atoms with Gasteiger partial charge in [-0.1, -0.05) is 48.3 Å². The molecule has 0 heterocycles. The molecule has 5 heteroatoms. The summed E-state index contributed by atoms with van der Waals surface area (Å²) in [6, 6.07) is 12.4. The fourth-order valence-corrected chi connectivity index (χ4v) is 1.96. The normalized spacial score (nSPS) is 10.2. The highest BCUT2D eigenvalue weighted by Gasteiger charge is 2.13. The van der Waals surface area contributed by atoms with Crippen LogP contribution in [0.15, 0.2) is 42.5 Å². The summed E-state index contributed by atoms with van der Waals surface area (Å²) in [5.41, 5.74) is 0.951. The van der Waals surface area contributed by atoms with Gasteiger partial charge in [-0.15, -0.1) is 0 Å². The maximum atomic E-state index is 11.4. The van der Waals surface area contributed by atoms with Crippen molar-refractivity contribution in [3.8, 4) is 11.5 Å². The van der Waals surface area contributed by atoms with E-state index in [1.54, 1.807) is 37.3 Å². The lowest BCUT2D eigenvalue weighted by molar-refractivity contribution is -0.134. The van der Waals surface area contributed by atoms with Gasteiger partial charge < -0.3 is 9.47 Å². The molecule has 2 aromatic rings. The summed E-state index contributed by atoms with van der Waals surface area (Å²) in [6.45, 7) is 2.04. The van der Waals surface area contributed by atoms with Gasteiger partial charge in [0.05, 0.1) is 5.02 Å². The molecule has 0 aliphatic carbocycles. The third-order valence-corrected chi connectivity index (χ3v) is 3.29. The Hall–Kier alpha value is -1.71. The molecular weight excluding hydrogens is 311 g/mol. The minimum atomic E-state index is -0.362. The Bertz CT molecular complexity index is 624. The van der Waals surface area contributed by atoms with Crippen molar-refractivity contribution in [2.75, 3.05) is 0 Å². The Labute approximate surface area is 133 Å². The molecule has 2 aromatic carbocycles. The topological polar surface area (TPSA) is 35.5 Å². The van der Waals surface area contributed by atoms with E-state index in [4.69, 9.17) is 32.7 Å². The van der Waals surface area contributed by atoms with Crippen LogP contribution < -0.4 is 9.47 Å². The summed E-state index contributed by atoms with van der Waals surface area (Å²) in [4.78, 5) is 11.4. The molecule has 0 aliphatic rings. The van der Waals surface area contributed by atoms with Gasteiger partial charge in [0, 0.05) is 11.4 Å². The smallest absolute Gasteiger partial charge is 0.311 e. The van der Waals surface area contributed by atoms with Gasteiger partial charge >= 0.3 is 5.97 Å². The number of para-hydroxylation sites is 1. The van der Waals surface area contributed by atoms with Crippen molar-refractivity contribution >= 4 is 29.2 Å². The average molecular weight is 325 g/mol. The number of hydrogen-bond donors (Lipinski definition) is 0. The van der Waals surface area contributed by atoms with Crippen molar-refractivity contribution in [3.05, 3.63) is 58.1 Å². The van der Waals surface area contributed by atoms with E-state index in [0.717, 1.165) is 5.56 Å². The minimum Gasteiger partial charge on any atom is -0.485 e. The van der Waals surface area contributed by atoms with Crippen molar-refractivity contribution in [1.82, 2.24) is 0 Å². The number of carbonyl (C=O) groups excluding carboxylic acids is 1. The fourth-order valence-electron chi connectivity index (χ4n) is 1.63. The number of hydrogen-bond acceptors (Lipinski definition) is 3. The predicted octanol–water partition coefficient (Wildman–Crippen LogP) is 4.89. The monoisotopic (exact) mass is 324 g/mol. The second kappa shape index (κ2) is 7.34. The van der Waals surface area contributed by atoms with Crippen LogP contribution in [0.5, 0.6) is 11.5 Å². The van der Waals surface area contributed by atoms with E-state index in [2.05, 4.69) is 0 Å². The molecule has 3 nitrogen and oxygen atoms in total. The van der Waals surface area contributed by atoms with Gasteiger partial charge in [-0.05, 0) is 29.8 Å². The lowest BCUT2D eigenvalue weighted by Gasteiger charge is -2.12. The number of carbonyl (C=O) groups is 1. The Kier molecular flexibility index (Phi) is 5.48. The Morgan fingerprint density at radius 2 is 1.81 bits per heavy atom. The van der Waals surface area contributed by atoms with Crippen molar-refractivity contribution in [2.45, 2.75) is 20.0 Å². The molecule has 21 heavy (non-hydrogen) atoms. The van der Waals surface area contributed by atoms with Crippen molar-refractivity contribution in [3.63, 3.8) is 0 Å². The first-order valence-electron chi connectivity index (χ1n) is 6.46. The van der Waals surface area contributed by atoms with E-state index in [-0.39, 0.29) is 18.1 Å². The van der Waals surface area contributed by atoms with Crippen LogP contribution in [0.1, 0.15) is 18.9 Å². The molecule has 0 aliphatic heterocycles. The van der Waals surface area contributed by atoms with Gasteiger partial charge in [0.15, 0.2) is 11.5 Å². The highest BCUT2D eigenvalue weighted by Crippen LogP contribution is 2.35. The van der Waals surface area contributed by atoms with E-state index < -0.39 is 0 Å². The van der Waals surface area contributed by atoms with Gasteiger partial charge in [0.1, 0.15) is 6.61 Å². The van der Waals surface area contributed by atoms with Crippen LogP contribution in [-0.2, 0) is 11.4 Å². The third kappa shape index (κ3) is 4.38. The van der Waals surface area contributed by atoms with Gasteiger partial charge in [-0.25, -0.2) is 0 Å². The minimum absolute atomic E-state index is 0.250. The third-order valence-electron chi connectivity index (χ3n) is 2.74. The van der Waals surface area contributed by atoms with Crippen LogP contribution in [0, 0.1) is 0 Å². The first-order chi connectivity index (χ1) is 10.1. The molecule has 2 rings (SSSR count). The molecule has 0 saturated heterocycles. The zero-order chi connectivity index (χ0) is 15.2. The number of esters is 1.